The number of rotatable bonds is 4. The van der Waals surface area contributed by atoms with Gasteiger partial charge >= 0.3 is 5.97 Å². The van der Waals surface area contributed by atoms with Gasteiger partial charge in [-0.1, -0.05) is 17.7 Å². The second-order valence-electron chi connectivity index (χ2n) is 4.99. The van der Waals surface area contributed by atoms with Crippen LogP contribution in [-0.2, 0) is 6.54 Å². The Morgan fingerprint density at radius 2 is 2.00 bits per heavy atom. The molecule has 0 radical (unpaired) electrons. The van der Waals surface area contributed by atoms with Crippen LogP contribution in [0, 0.1) is 13.8 Å². The van der Waals surface area contributed by atoms with E-state index in [1.165, 1.54) is 17.3 Å². The van der Waals surface area contributed by atoms with Crippen LogP contribution < -0.4 is 4.90 Å². The third-order valence-electron chi connectivity index (χ3n) is 3.23. The van der Waals surface area contributed by atoms with Crippen LogP contribution in [0.25, 0.3) is 0 Å². The molecule has 1 aromatic heterocycles. The van der Waals surface area contributed by atoms with E-state index >= 15 is 0 Å². The predicted octanol–water partition coefficient (Wildman–Crippen LogP) is 3.03. The SMILES string of the molecule is Cc1ccc(N(C)Cc2ccc(C(=O)O)cn2)c(C)c1. The normalized spacial score (nSPS) is 10.3. The number of carboxylic acid groups (broad SMARTS) is 1. The van der Waals surface area contributed by atoms with Crippen LogP contribution in [-0.4, -0.2) is 23.1 Å². The van der Waals surface area contributed by atoms with E-state index in [-0.39, 0.29) is 5.56 Å². The van der Waals surface area contributed by atoms with Crippen LogP contribution in [0.5, 0.6) is 0 Å². The highest BCUT2D eigenvalue weighted by molar-refractivity contribution is 5.87. The summed E-state index contributed by atoms with van der Waals surface area (Å²) in [5.74, 6) is -0.952. The van der Waals surface area contributed by atoms with Gasteiger partial charge in [0.25, 0.3) is 0 Å². The summed E-state index contributed by atoms with van der Waals surface area (Å²) < 4.78 is 0. The highest BCUT2D eigenvalue weighted by atomic mass is 16.4. The lowest BCUT2D eigenvalue weighted by Gasteiger charge is -2.21. The Hall–Kier alpha value is -2.36. The molecule has 0 aliphatic heterocycles. The lowest BCUT2D eigenvalue weighted by molar-refractivity contribution is 0.0696. The zero-order valence-corrected chi connectivity index (χ0v) is 11.9. The largest absolute Gasteiger partial charge is 0.478 e. The van der Waals surface area contributed by atoms with Gasteiger partial charge in [-0.15, -0.1) is 0 Å². The van der Waals surface area contributed by atoms with Crippen LogP contribution >= 0.6 is 0 Å². The molecule has 0 unspecified atom stereocenters. The van der Waals surface area contributed by atoms with Gasteiger partial charge in [0.1, 0.15) is 0 Å². The average Bonchev–Trinajstić information content (AvgIpc) is 2.39. The van der Waals surface area contributed by atoms with E-state index in [0.29, 0.717) is 6.54 Å². The number of aromatic nitrogens is 1. The van der Waals surface area contributed by atoms with Crippen LogP contribution in [0.1, 0.15) is 27.2 Å². The van der Waals surface area contributed by atoms with Crippen molar-refractivity contribution in [2.24, 2.45) is 0 Å². The fourth-order valence-electron chi connectivity index (χ4n) is 2.21. The number of nitrogens with zero attached hydrogens (tertiary/aromatic N) is 2. The number of aryl methyl sites for hydroxylation is 2. The third kappa shape index (κ3) is 3.15. The second kappa shape index (κ2) is 5.74. The summed E-state index contributed by atoms with van der Waals surface area (Å²) in [5, 5.41) is 8.85. The van der Waals surface area contributed by atoms with Gasteiger partial charge < -0.3 is 10.0 Å². The summed E-state index contributed by atoms with van der Waals surface area (Å²) in [4.78, 5) is 17.1. The van der Waals surface area contributed by atoms with Crippen molar-refractivity contribution >= 4 is 11.7 Å². The van der Waals surface area contributed by atoms with Crippen molar-refractivity contribution in [2.75, 3.05) is 11.9 Å². The Kier molecular flexibility index (Phi) is 4.03. The molecule has 0 atom stereocenters. The first-order valence-corrected chi connectivity index (χ1v) is 6.44. The first-order valence-electron chi connectivity index (χ1n) is 6.44. The minimum absolute atomic E-state index is 0.211. The number of pyridine rings is 1. The predicted molar refractivity (Wildman–Crippen MR) is 79.2 cm³/mol. The van der Waals surface area contributed by atoms with E-state index in [9.17, 15) is 4.79 Å². The van der Waals surface area contributed by atoms with E-state index in [1.54, 1.807) is 12.1 Å². The Morgan fingerprint density at radius 3 is 2.55 bits per heavy atom. The van der Waals surface area contributed by atoms with Gasteiger partial charge in [-0.05, 0) is 37.6 Å². The van der Waals surface area contributed by atoms with Crippen LogP contribution in [0.4, 0.5) is 5.69 Å². The maximum atomic E-state index is 10.8. The number of anilines is 1. The monoisotopic (exact) mass is 270 g/mol. The van der Waals surface area contributed by atoms with Gasteiger partial charge in [0.2, 0.25) is 0 Å². The van der Waals surface area contributed by atoms with Crippen molar-refractivity contribution in [1.29, 1.82) is 0 Å². The summed E-state index contributed by atoms with van der Waals surface area (Å²) in [7, 11) is 2.00. The van der Waals surface area contributed by atoms with Gasteiger partial charge in [-0.25, -0.2) is 4.79 Å². The molecule has 0 amide bonds. The quantitative estimate of drug-likeness (QED) is 0.927. The third-order valence-corrected chi connectivity index (χ3v) is 3.23. The summed E-state index contributed by atoms with van der Waals surface area (Å²) in [5.41, 5.74) is 4.67. The van der Waals surface area contributed by atoms with Crippen molar-refractivity contribution in [3.63, 3.8) is 0 Å². The Bertz CT molecular complexity index is 621. The smallest absolute Gasteiger partial charge is 0.337 e. The van der Waals surface area contributed by atoms with E-state index < -0.39 is 5.97 Å². The summed E-state index contributed by atoms with van der Waals surface area (Å²) in [6.07, 6.45) is 1.40. The first kappa shape index (κ1) is 14.1. The summed E-state index contributed by atoms with van der Waals surface area (Å²) in [6.45, 7) is 4.80. The molecule has 2 aromatic rings. The van der Waals surface area contributed by atoms with Crippen molar-refractivity contribution in [3.05, 3.63) is 58.9 Å². The molecule has 0 spiro atoms. The fourth-order valence-corrected chi connectivity index (χ4v) is 2.21. The lowest BCUT2D eigenvalue weighted by Crippen LogP contribution is -2.18. The molecule has 0 bridgehead atoms. The summed E-state index contributed by atoms with van der Waals surface area (Å²) >= 11 is 0. The lowest BCUT2D eigenvalue weighted by atomic mass is 10.1. The molecule has 1 N–H and O–H groups in total. The number of hydrogen-bond acceptors (Lipinski definition) is 3. The average molecular weight is 270 g/mol. The maximum Gasteiger partial charge on any atom is 0.337 e. The van der Waals surface area contributed by atoms with Gasteiger partial charge in [0.05, 0.1) is 17.8 Å². The Morgan fingerprint density at radius 1 is 1.25 bits per heavy atom. The van der Waals surface area contributed by atoms with E-state index in [1.807, 2.05) is 7.05 Å². The van der Waals surface area contributed by atoms with Gasteiger partial charge in [0, 0.05) is 18.9 Å². The highest BCUT2D eigenvalue weighted by Crippen LogP contribution is 2.21. The second-order valence-corrected chi connectivity index (χ2v) is 4.99. The maximum absolute atomic E-state index is 10.8. The molecule has 0 aliphatic rings. The van der Waals surface area contributed by atoms with Crippen LogP contribution in [0.3, 0.4) is 0 Å². The molecule has 0 saturated carbocycles. The highest BCUT2D eigenvalue weighted by Gasteiger charge is 2.08. The number of hydrogen-bond donors (Lipinski definition) is 1. The standard InChI is InChI=1S/C16H18N2O2/c1-11-4-7-15(12(2)8-11)18(3)10-14-6-5-13(9-17-14)16(19)20/h4-9H,10H2,1-3H3,(H,19,20). The van der Waals surface area contributed by atoms with Gasteiger partial charge in [-0.3, -0.25) is 4.98 Å². The molecule has 0 fully saturated rings. The summed E-state index contributed by atoms with van der Waals surface area (Å²) in [6, 6.07) is 9.66. The molecule has 4 nitrogen and oxygen atoms in total. The van der Waals surface area contributed by atoms with E-state index in [4.69, 9.17) is 5.11 Å². The Balaban J connectivity index is 2.14. The van der Waals surface area contributed by atoms with Crippen molar-refractivity contribution in [3.8, 4) is 0 Å². The minimum atomic E-state index is -0.952. The molecule has 0 aliphatic carbocycles. The zero-order valence-electron chi connectivity index (χ0n) is 11.9. The molecule has 0 saturated heterocycles. The molecule has 20 heavy (non-hydrogen) atoms. The molecule has 104 valence electrons. The molecule has 1 heterocycles. The van der Waals surface area contributed by atoms with Crippen molar-refractivity contribution in [2.45, 2.75) is 20.4 Å². The molecule has 2 rings (SSSR count). The molecular weight excluding hydrogens is 252 g/mol. The topological polar surface area (TPSA) is 53.4 Å². The van der Waals surface area contributed by atoms with E-state index in [0.717, 1.165) is 11.4 Å². The molecule has 4 heteroatoms. The number of benzene rings is 1. The number of aromatic carboxylic acids is 1. The Labute approximate surface area is 118 Å². The van der Waals surface area contributed by atoms with Gasteiger partial charge in [-0.2, -0.15) is 0 Å². The fraction of sp³-hybridized carbons (Fsp3) is 0.250. The first-order chi connectivity index (χ1) is 9.47. The van der Waals surface area contributed by atoms with Crippen molar-refractivity contribution in [1.82, 2.24) is 4.98 Å². The van der Waals surface area contributed by atoms with Crippen LogP contribution in [0.15, 0.2) is 36.5 Å². The van der Waals surface area contributed by atoms with Crippen molar-refractivity contribution < 1.29 is 9.90 Å². The zero-order chi connectivity index (χ0) is 14.7. The van der Waals surface area contributed by atoms with Crippen LogP contribution in [0.2, 0.25) is 0 Å². The number of carbonyl (C=O) groups is 1. The van der Waals surface area contributed by atoms with E-state index in [2.05, 4.69) is 41.9 Å². The minimum Gasteiger partial charge on any atom is -0.478 e. The molecular formula is C16H18N2O2. The van der Waals surface area contributed by atoms with Gasteiger partial charge in [0.15, 0.2) is 0 Å². The number of carboxylic acids is 1. The molecule has 1 aromatic carbocycles.